The van der Waals surface area contributed by atoms with E-state index >= 15 is 0 Å². The SMILES string of the molecule is O=C(CCCCCCC(=O)c1ccco1)c1ccco1. The van der Waals surface area contributed by atoms with E-state index in [1.165, 1.54) is 12.5 Å². The highest BCUT2D eigenvalue weighted by atomic mass is 16.3. The maximum atomic E-state index is 11.6. The average molecular weight is 274 g/mol. The first-order valence-electron chi connectivity index (χ1n) is 6.91. The Hall–Kier alpha value is -2.10. The standard InChI is InChI=1S/C16H18O4/c17-13(15-9-5-11-19-15)7-3-1-2-4-8-14(18)16-10-6-12-20-16/h5-6,9-12H,1-4,7-8H2. The van der Waals surface area contributed by atoms with Gasteiger partial charge in [-0.25, -0.2) is 0 Å². The lowest BCUT2D eigenvalue weighted by Gasteiger charge is -2.00. The average Bonchev–Trinajstić information content (AvgIpc) is 3.14. The van der Waals surface area contributed by atoms with Crippen molar-refractivity contribution in [1.29, 1.82) is 0 Å². The second-order valence-corrected chi connectivity index (χ2v) is 4.72. The largest absolute Gasteiger partial charge is 0.461 e. The minimum Gasteiger partial charge on any atom is -0.461 e. The summed E-state index contributed by atoms with van der Waals surface area (Å²) in [5.74, 6) is 0.944. The van der Waals surface area contributed by atoms with E-state index < -0.39 is 0 Å². The molecule has 0 saturated heterocycles. The summed E-state index contributed by atoms with van der Waals surface area (Å²) in [4.78, 5) is 23.3. The molecule has 0 saturated carbocycles. The molecule has 2 aromatic heterocycles. The highest BCUT2D eigenvalue weighted by molar-refractivity contribution is 5.93. The minimum atomic E-state index is 0.0432. The molecule has 0 bridgehead atoms. The topological polar surface area (TPSA) is 60.4 Å². The van der Waals surface area contributed by atoms with Gasteiger partial charge >= 0.3 is 0 Å². The van der Waals surface area contributed by atoms with Crippen molar-refractivity contribution in [2.45, 2.75) is 38.5 Å². The molecule has 2 aromatic rings. The van der Waals surface area contributed by atoms with Crippen molar-refractivity contribution in [1.82, 2.24) is 0 Å². The molecule has 4 nitrogen and oxygen atoms in total. The molecule has 20 heavy (non-hydrogen) atoms. The highest BCUT2D eigenvalue weighted by Gasteiger charge is 2.09. The van der Waals surface area contributed by atoms with Crippen LogP contribution in [0.3, 0.4) is 0 Å². The normalized spacial score (nSPS) is 10.6. The molecule has 2 heterocycles. The first-order chi connectivity index (χ1) is 9.77. The summed E-state index contributed by atoms with van der Waals surface area (Å²) in [6, 6.07) is 6.80. The van der Waals surface area contributed by atoms with Crippen LogP contribution < -0.4 is 0 Å². The monoisotopic (exact) mass is 274 g/mol. The van der Waals surface area contributed by atoms with Crippen molar-refractivity contribution in [3.63, 3.8) is 0 Å². The van der Waals surface area contributed by atoms with Crippen molar-refractivity contribution in [3.05, 3.63) is 48.3 Å². The second kappa shape index (κ2) is 7.48. The smallest absolute Gasteiger partial charge is 0.197 e. The maximum Gasteiger partial charge on any atom is 0.197 e. The van der Waals surface area contributed by atoms with Crippen LogP contribution in [0.1, 0.15) is 59.6 Å². The lowest BCUT2D eigenvalue weighted by atomic mass is 10.1. The number of carbonyl (C=O) groups is 2. The van der Waals surface area contributed by atoms with Gasteiger partial charge in [0.05, 0.1) is 12.5 Å². The Morgan fingerprint density at radius 1 is 0.750 bits per heavy atom. The Bertz CT molecular complexity index is 473. The van der Waals surface area contributed by atoms with Crippen LogP contribution in [0.2, 0.25) is 0 Å². The molecule has 2 rings (SSSR count). The van der Waals surface area contributed by atoms with Crippen molar-refractivity contribution in [2.75, 3.05) is 0 Å². The second-order valence-electron chi connectivity index (χ2n) is 4.72. The Balaban J connectivity index is 1.54. The van der Waals surface area contributed by atoms with Crippen molar-refractivity contribution < 1.29 is 18.4 Å². The molecule has 106 valence electrons. The zero-order chi connectivity index (χ0) is 14.2. The van der Waals surface area contributed by atoms with Gasteiger partial charge in [0.1, 0.15) is 0 Å². The molecule has 0 fully saturated rings. The third-order valence-electron chi connectivity index (χ3n) is 3.15. The fourth-order valence-corrected chi connectivity index (χ4v) is 2.05. The van der Waals surface area contributed by atoms with Crippen LogP contribution in [-0.2, 0) is 0 Å². The van der Waals surface area contributed by atoms with Gasteiger partial charge in [0, 0.05) is 12.8 Å². The zero-order valence-corrected chi connectivity index (χ0v) is 11.3. The van der Waals surface area contributed by atoms with Crippen LogP contribution >= 0.6 is 0 Å². The summed E-state index contributed by atoms with van der Waals surface area (Å²) < 4.78 is 10.1. The molecule has 4 heteroatoms. The Morgan fingerprint density at radius 3 is 1.55 bits per heavy atom. The van der Waals surface area contributed by atoms with Gasteiger partial charge in [-0.05, 0) is 37.1 Å². The molecular formula is C16H18O4. The lowest BCUT2D eigenvalue weighted by Crippen LogP contribution is -1.98. The third-order valence-corrected chi connectivity index (χ3v) is 3.15. The molecule has 0 aromatic carbocycles. The van der Waals surface area contributed by atoms with Crippen molar-refractivity contribution in [3.8, 4) is 0 Å². The van der Waals surface area contributed by atoms with Crippen molar-refractivity contribution in [2.24, 2.45) is 0 Å². The van der Waals surface area contributed by atoms with E-state index in [0.717, 1.165) is 25.7 Å². The number of unbranched alkanes of at least 4 members (excludes halogenated alkanes) is 3. The number of furan rings is 2. The van der Waals surface area contributed by atoms with Gasteiger partial charge < -0.3 is 8.83 Å². The van der Waals surface area contributed by atoms with E-state index in [0.29, 0.717) is 24.4 Å². The molecular weight excluding hydrogens is 256 g/mol. The Kier molecular flexibility index (Phi) is 5.35. The fraction of sp³-hybridized carbons (Fsp3) is 0.375. The fourth-order valence-electron chi connectivity index (χ4n) is 2.05. The predicted molar refractivity (Wildman–Crippen MR) is 73.8 cm³/mol. The Labute approximate surface area is 117 Å². The van der Waals surface area contributed by atoms with Crippen molar-refractivity contribution >= 4 is 11.6 Å². The first-order valence-corrected chi connectivity index (χ1v) is 6.91. The summed E-state index contributed by atoms with van der Waals surface area (Å²) in [6.07, 6.45) is 7.55. The van der Waals surface area contributed by atoms with E-state index in [4.69, 9.17) is 8.83 Å². The van der Waals surface area contributed by atoms with E-state index in [9.17, 15) is 9.59 Å². The summed E-state index contributed by atoms with van der Waals surface area (Å²) in [6.45, 7) is 0. The molecule has 0 radical (unpaired) electrons. The molecule has 0 unspecified atom stereocenters. The number of hydrogen-bond donors (Lipinski definition) is 0. The molecule has 0 aliphatic heterocycles. The summed E-state index contributed by atoms with van der Waals surface area (Å²) >= 11 is 0. The predicted octanol–water partition coefficient (Wildman–Crippen LogP) is 4.28. The molecule has 0 amide bonds. The lowest BCUT2D eigenvalue weighted by molar-refractivity contribution is 0.0940. The van der Waals surface area contributed by atoms with Crippen LogP contribution in [0, 0.1) is 0 Å². The summed E-state index contributed by atoms with van der Waals surface area (Å²) in [7, 11) is 0. The number of hydrogen-bond acceptors (Lipinski definition) is 4. The van der Waals surface area contributed by atoms with Crippen LogP contribution in [0.5, 0.6) is 0 Å². The Morgan fingerprint density at radius 2 is 1.20 bits per heavy atom. The first kappa shape index (κ1) is 14.3. The van der Waals surface area contributed by atoms with Crippen LogP contribution in [0.4, 0.5) is 0 Å². The third kappa shape index (κ3) is 4.23. The van der Waals surface area contributed by atoms with Crippen LogP contribution in [0.15, 0.2) is 45.6 Å². The van der Waals surface area contributed by atoms with E-state index in [1.807, 2.05) is 0 Å². The van der Waals surface area contributed by atoms with Gasteiger partial charge in [0.25, 0.3) is 0 Å². The zero-order valence-electron chi connectivity index (χ0n) is 11.3. The number of carbonyl (C=O) groups excluding carboxylic acids is 2. The molecule has 0 atom stereocenters. The van der Waals surface area contributed by atoms with E-state index in [-0.39, 0.29) is 11.6 Å². The number of ketones is 2. The molecule has 0 spiro atoms. The summed E-state index contributed by atoms with van der Waals surface area (Å²) in [5.41, 5.74) is 0. The minimum absolute atomic E-state index is 0.0432. The van der Waals surface area contributed by atoms with Crippen LogP contribution in [-0.4, -0.2) is 11.6 Å². The van der Waals surface area contributed by atoms with Crippen LogP contribution in [0.25, 0.3) is 0 Å². The van der Waals surface area contributed by atoms with Gasteiger partial charge in [-0.15, -0.1) is 0 Å². The quantitative estimate of drug-likeness (QED) is 0.506. The van der Waals surface area contributed by atoms with Gasteiger partial charge in [0.15, 0.2) is 23.1 Å². The van der Waals surface area contributed by atoms with E-state index in [2.05, 4.69) is 0 Å². The molecule has 0 N–H and O–H groups in total. The van der Waals surface area contributed by atoms with Gasteiger partial charge in [-0.2, -0.15) is 0 Å². The molecule has 0 aliphatic carbocycles. The number of rotatable bonds is 9. The highest BCUT2D eigenvalue weighted by Crippen LogP contribution is 2.12. The van der Waals surface area contributed by atoms with Gasteiger partial charge in [-0.3, -0.25) is 9.59 Å². The maximum absolute atomic E-state index is 11.6. The number of Topliss-reactive ketones (excluding diaryl/α,β-unsaturated/α-hetero) is 2. The molecule has 0 aliphatic rings. The van der Waals surface area contributed by atoms with E-state index in [1.54, 1.807) is 24.3 Å². The van der Waals surface area contributed by atoms with Gasteiger partial charge in [-0.1, -0.05) is 12.8 Å². The van der Waals surface area contributed by atoms with Gasteiger partial charge in [0.2, 0.25) is 0 Å². The summed E-state index contributed by atoms with van der Waals surface area (Å²) in [5, 5.41) is 0.